The van der Waals surface area contributed by atoms with Crippen molar-refractivity contribution in [2.75, 3.05) is 17.3 Å². The summed E-state index contributed by atoms with van der Waals surface area (Å²) < 4.78 is 0. The van der Waals surface area contributed by atoms with E-state index in [2.05, 4.69) is 20.7 Å². The number of aromatic nitrogens is 2. The number of aryl methyl sites for hydroxylation is 1. The second-order valence-corrected chi connectivity index (χ2v) is 5.10. The number of hydrazine groups is 1. The van der Waals surface area contributed by atoms with Crippen molar-refractivity contribution in [3.8, 4) is 0 Å². The van der Waals surface area contributed by atoms with Crippen LogP contribution in [0.15, 0.2) is 0 Å². The van der Waals surface area contributed by atoms with Gasteiger partial charge in [-0.1, -0.05) is 25.7 Å². The van der Waals surface area contributed by atoms with Gasteiger partial charge in [0.2, 0.25) is 11.8 Å². The lowest BCUT2D eigenvalue weighted by Crippen LogP contribution is -2.15. The van der Waals surface area contributed by atoms with Gasteiger partial charge in [-0.25, -0.2) is 10.8 Å². The summed E-state index contributed by atoms with van der Waals surface area (Å²) in [5.41, 5.74) is 2.53. The maximum Gasteiger partial charge on any atom is 0.332 e. The summed E-state index contributed by atoms with van der Waals surface area (Å²) in [5.74, 6) is 6.40. The molecule has 2 rings (SSSR count). The van der Waals surface area contributed by atoms with Crippen LogP contribution < -0.4 is 16.6 Å². The number of anilines is 2. The van der Waals surface area contributed by atoms with E-state index in [1.54, 1.807) is 6.92 Å². The highest BCUT2D eigenvalue weighted by Crippen LogP contribution is 2.29. The van der Waals surface area contributed by atoms with Crippen molar-refractivity contribution in [3.05, 3.63) is 15.8 Å². The zero-order valence-corrected chi connectivity index (χ0v) is 11.6. The minimum absolute atomic E-state index is 0.0876. The van der Waals surface area contributed by atoms with Gasteiger partial charge < -0.3 is 5.32 Å². The Hall–Kier alpha value is -1.96. The van der Waals surface area contributed by atoms with E-state index in [9.17, 15) is 10.1 Å². The van der Waals surface area contributed by atoms with Gasteiger partial charge in [0, 0.05) is 6.54 Å². The van der Waals surface area contributed by atoms with Crippen LogP contribution in [-0.2, 0) is 0 Å². The first kappa shape index (κ1) is 14.4. The predicted octanol–water partition coefficient (Wildman–Crippen LogP) is 1.97. The van der Waals surface area contributed by atoms with Gasteiger partial charge in [-0.3, -0.25) is 15.5 Å². The van der Waals surface area contributed by atoms with Crippen LogP contribution in [0.2, 0.25) is 0 Å². The summed E-state index contributed by atoms with van der Waals surface area (Å²) in [6.07, 6.45) is 6.09. The highest BCUT2D eigenvalue weighted by atomic mass is 16.6. The highest BCUT2D eigenvalue weighted by molar-refractivity contribution is 5.60. The molecule has 8 heteroatoms. The quantitative estimate of drug-likeness (QED) is 0.414. The molecule has 0 amide bonds. The standard InChI is InChI=1S/C12H20N6O2/c1-8-10(18(19)20)11(16-12(15-8)17-13)14-7-6-9-4-2-3-5-9/h9H,2-7,13H2,1H3,(H2,14,15,16,17). The molecule has 1 aliphatic rings. The van der Waals surface area contributed by atoms with Crippen molar-refractivity contribution in [2.45, 2.75) is 39.0 Å². The molecular formula is C12H20N6O2. The largest absolute Gasteiger partial charge is 0.364 e. The minimum Gasteiger partial charge on any atom is -0.364 e. The molecule has 110 valence electrons. The Bertz CT molecular complexity index is 487. The lowest BCUT2D eigenvalue weighted by molar-refractivity contribution is -0.385. The number of nitro groups is 1. The predicted molar refractivity (Wildman–Crippen MR) is 76.3 cm³/mol. The molecule has 0 aliphatic heterocycles. The molecule has 1 aliphatic carbocycles. The van der Waals surface area contributed by atoms with E-state index >= 15 is 0 Å². The molecular weight excluding hydrogens is 260 g/mol. The molecule has 0 spiro atoms. The molecule has 8 nitrogen and oxygen atoms in total. The molecule has 0 atom stereocenters. The van der Waals surface area contributed by atoms with Gasteiger partial charge in [0.1, 0.15) is 5.69 Å². The number of hydrogen-bond donors (Lipinski definition) is 3. The maximum atomic E-state index is 11.1. The molecule has 20 heavy (non-hydrogen) atoms. The number of rotatable bonds is 6. The summed E-state index contributed by atoms with van der Waals surface area (Å²) in [6.45, 7) is 2.24. The summed E-state index contributed by atoms with van der Waals surface area (Å²) in [7, 11) is 0. The van der Waals surface area contributed by atoms with E-state index in [0.29, 0.717) is 12.2 Å². The summed E-state index contributed by atoms with van der Waals surface area (Å²) in [4.78, 5) is 18.6. The molecule has 1 aromatic rings. The zero-order chi connectivity index (χ0) is 14.5. The number of nitrogens with one attached hydrogen (secondary N) is 2. The fraction of sp³-hybridized carbons (Fsp3) is 0.667. The van der Waals surface area contributed by atoms with Crippen LogP contribution in [0.1, 0.15) is 37.8 Å². The number of nitrogens with two attached hydrogens (primary N) is 1. The van der Waals surface area contributed by atoms with Crippen LogP contribution in [0, 0.1) is 23.0 Å². The van der Waals surface area contributed by atoms with E-state index in [0.717, 1.165) is 12.3 Å². The molecule has 0 aromatic carbocycles. The maximum absolute atomic E-state index is 11.1. The lowest BCUT2D eigenvalue weighted by atomic mass is 10.0. The van der Waals surface area contributed by atoms with E-state index in [-0.39, 0.29) is 17.5 Å². The van der Waals surface area contributed by atoms with Gasteiger partial charge in [-0.05, 0) is 19.3 Å². The average Bonchev–Trinajstić information content (AvgIpc) is 2.90. The van der Waals surface area contributed by atoms with Crippen molar-refractivity contribution in [2.24, 2.45) is 11.8 Å². The number of nitrogen functional groups attached to an aromatic ring is 1. The normalized spacial score (nSPS) is 15.3. The molecule has 1 heterocycles. The highest BCUT2D eigenvalue weighted by Gasteiger charge is 2.22. The number of hydrogen-bond acceptors (Lipinski definition) is 7. The Labute approximate surface area is 117 Å². The van der Waals surface area contributed by atoms with Crippen molar-refractivity contribution in [1.82, 2.24) is 9.97 Å². The monoisotopic (exact) mass is 280 g/mol. The second-order valence-electron chi connectivity index (χ2n) is 5.10. The van der Waals surface area contributed by atoms with Gasteiger partial charge in [-0.15, -0.1) is 0 Å². The Kier molecular flexibility index (Phi) is 4.67. The molecule has 1 fully saturated rings. The topological polar surface area (TPSA) is 119 Å². The fourth-order valence-corrected chi connectivity index (χ4v) is 2.67. The Balaban J connectivity index is 2.07. The summed E-state index contributed by atoms with van der Waals surface area (Å²) in [5, 5.41) is 14.1. The summed E-state index contributed by atoms with van der Waals surface area (Å²) >= 11 is 0. The summed E-state index contributed by atoms with van der Waals surface area (Å²) in [6, 6.07) is 0. The van der Waals surface area contributed by atoms with Gasteiger partial charge >= 0.3 is 5.69 Å². The van der Waals surface area contributed by atoms with Crippen LogP contribution in [0.4, 0.5) is 17.5 Å². The first-order valence-corrected chi connectivity index (χ1v) is 6.85. The third kappa shape index (κ3) is 3.32. The van der Waals surface area contributed by atoms with E-state index in [4.69, 9.17) is 5.84 Å². The van der Waals surface area contributed by atoms with Crippen molar-refractivity contribution in [3.63, 3.8) is 0 Å². The van der Waals surface area contributed by atoms with Crippen molar-refractivity contribution >= 4 is 17.5 Å². The fourth-order valence-electron chi connectivity index (χ4n) is 2.67. The van der Waals surface area contributed by atoms with Crippen LogP contribution >= 0.6 is 0 Å². The Morgan fingerprint density at radius 1 is 1.40 bits per heavy atom. The Morgan fingerprint density at radius 3 is 2.70 bits per heavy atom. The molecule has 4 N–H and O–H groups in total. The SMILES string of the molecule is Cc1nc(NN)nc(NCCC2CCCC2)c1[N+](=O)[O-]. The van der Waals surface area contributed by atoms with Gasteiger partial charge in [0.05, 0.1) is 4.92 Å². The molecule has 0 unspecified atom stereocenters. The van der Waals surface area contributed by atoms with Crippen molar-refractivity contribution in [1.29, 1.82) is 0 Å². The van der Waals surface area contributed by atoms with Crippen molar-refractivity contribution < 1.29 is 4.92 Å². The van der Waals surface area contributed by atoms with E-state index in [1.807, 2.05) is 0 Å². The zero-order valence-electron chi connectivity index (χ0n) is 11.6. The molecule has 0 radical (unpaired) electrons. The third-order valence-corrected chi connectivity index (χ3v) is 3.69. The lowest BCUT2D eigenvalue weighted by Gasteiger charge is -2.11. The molecule has 1 saturated carbocycles. The molecule has 1 aromatic heterocycles. The van der Waals surface area contributed by atoms with Gasteiger partial charge in [0.15, 0.2) is 0 Å². The minimum atomic E-state index is -0.465. The molecule has 0 saturated heterocycles. The van der Waals surface area contributed by atoms with Crippen LogP contribution in [-0.4, -0.2) is 21.4 Å². The van der Waals surface area contributed by atoms with Crippen LogP contribution in [0.25, 0.3) is 0 Å². The first-order chi connectivity index (χ1) is 9.61. The first-order valence-electron chi connectivity index (χ1n) is 6.85. The Morgan fingerprint density at radius 2 is 2.10 bits per heavy atom. The van der Waals surface area contributed by atoms with Gasteiger partial charge in [0.25, 0.3) is 0 Å². The van der Waals surface area contributed by atoms with Gasteiger partial charge in [-0.2, -0.15) is 4.98 Å². The van der Waals surface area contributed by atoms with Crippen LogP contribution in [0.5, 0.6) is 0 Å². The van der Waals surface area contributed by atoms with Crippen LogP contribution in [0.3, 0.4) is 0 Å². The smallest absolute Gasteiger partial charge is 0.332 e. The average molecular weight is 280 g/mol. The molecule has 0 bridgehead atoms. The third-order valence-electron chi connectivity index (χ3n) is 3.69. The number of nitrogens with zero attached hydrogens (tertiary/aromatic N) is 3. The van der Waals surface area contributed by atoms with E-state index in [1.165, 1.54) is 25.7 Å². The van der Waals surface area contributed by atoms with E-state index < -0.39 is 4.92 Å². The second kappa shape index (κ2) is 6.47.